The van der Waals surface area contributed by atoms with Crippen LogP contribution in [-0.4, -0.2) is 24.9 Å². The summed E-state index contributed by atoms with van der Waals surface area (Å²) in [6.45, 7) is 5.36. The molecule has 0 radical (unpaired) electrons. The van der Waals surface area contributed by atoms with Gasteiger partial charge < -0.3 is 19.9 Å². The molecular formula is C20H27NO3. The number of para-hydroxylation sites is 1. The van der Waals surface area contributed by atoms with E-state index in [0.717, 1.165) is 29.0 Å². The third-order valence-electron chi connectivity index (χ3n) is 4.04. The molecule has 2 N–H and O–H groups in total. The smallest absolute Gasteiger partial charge is 0.166 e. The lowest BCUT2D eigenvalue weighted by Crippen LogP contribution is -2.31. The average molecular weight is 329 g/mol. The molecule has 1 atom stereocenters. The Bertz CT molecular complexity index is 639. The highest BCUT2D eigenvalue weighted by molar-refractivity contribution is 5.46. The van der Waals surface area contributed by atoms with E-state index in [9.17, 15) is 5.11 Å². The summed E-state index contributed by atoms with van der Waals surface area (Å²) in [6, 6.07) is 14.2. The molecule has 0 aromatic heterocycles. The van der Waals surface area contributed by atoms with Crippen molar-refractivity contribution in [3.63, 3.8) is 0 Å². The number of aryl methyl sites for hydroxylation is 1. The molecule has 4 nitrogen and oxygen atoms in total. The second-order valence-electron chi connectivity index (χ2n) is 5.89. The summed E-state index contributed by atoms with van der Waals surface area (Å²) >= 11 is 0. The normalized spacial score (nSPS) is 12.0. The molecule has 0 saturated carbocycles. The molecule has 0 fully saturated rings. The SMILES string of the molecule is CC[C@H](CO)NCc1cccc(OC)c1OCc1cccc(C)c1. The van der Waals surface area contributed by atoms with E-state index in [-0.39, 0.29) is 12.6 Å². The largest absolute Gasteiger partial charge is 0.493 e. The number of benzene rings is 2. The van der Waals surface area contributed by atoms with Crippen LogP contribution in [0.1, 0.15) is 30.0 Å². The highest BCUT2D eigenvalue weighted by Crippen LogP contribution is 2.32. The molecule has 0 aliphatic rings. The average Bonchev–Trinajstić information content (AvgIpc) is 2.61. The summed E-state index contributed by atoms with van der Waals surface area (Å²) in [5, 5.41) is 12.7. The first-order chi connectivity index (χ1) is 11.7. The zero-order valence-electron chi connectivity index (χ0n) is 14.7. The van der Waals surface area contributed by atoms with Crippen molar-refractivity contribution in [3.8, 4) is 11.5 Å². The Morgan fingerprint density at radius 2 is 1.96 bits per heavy atom. The van der Waals surface area contributed by atoms with Crippen LogP contribution in [0.3, 0.4) is 0 Å². The van der Waals surface area contributed by atoms with Crippen LogP contribution in [0.25, 0.3) is 0 Å². The molecule has 2 aromatic rings. The molecular weight excluding hydrogens is 302 g/mol. The van der Waals surface area contributed by atoms with Crippen molar-refractivity contribution in [3.05, 3.63) is 59.2 Å². The van der Waals surface area contributed by atoms with Gasteiger partial charge in [0, 0.05) is 18.2 Å². The molecule has 2 rings (SSSR count). The molecule has 2 aromatic carbocycles. The molecule has 0 spiro atoms. The summed E-state index contributed by atoms with van der Waals surface area (Å²) in [6.07, 6.45) is 0.875. The maximum atomic E-state index is 9.33. The molecule has 0 bridgehead atoms. The van der Waals surface area contributed by atoms with Crippen molar-refractivity contribution in [2.75, 3.05) is 13.7 Å². The quantitative estimate of drug-likeness (QED) is 0.740. The first-order valence-electron chi connectivity index (χ1n) is 8.36. The standard InChI is InChI=1S/C20H27NO3/c1-4-18(13-22)21-12-17-9-6-10-19(23-3)20(17)24-14-16-8-5-7-15(2)11-16/h5-11,18,21-22H,4,12-14H2,1-3H3/t18-/m1/s1. The number of aliphatic hydroxyl groups is 1. The first-order valence-corrected chi connectivity index (χ1v) is 8.36. The maximum Gasteiger partial charge on any atom is 0.166 e. The molecule has 0 aliphatic heterocycles. The minimum absolute atomic E-state index is 0.0841. The van der Waals surface area contributed by atoms with Crippen molar-refractivity contribution in [1.29, 1.82) is 0 Å². The number of hydrogen-bond donors (Lipinski definition) is 2. The molecule has 0 heterocycles. The van der Waals surface area contributed by atoms with Gasteiger partial charge in [0.15, 0.2) is 11.5 Å². The van der Waals surface area contributed by atoms with Crippen molar-refractivity contribution >= 4 is 0 Å². The van der Waals surface area contributed by atoms with E-state index >= 15 is 0 Å². The number of ether oxygens (including phenoxy) is 2. The molecule has 0 unspecified atom stereocenters. The topological polar surface area (TPSA) is 50.7 Å². The van der Waals surface area contributed by atoms with Crippen LogP contribution in [0.4, 0.5) is 0 Å². The van der Waals surface area contributed by atoms with Gasteiger partial charge in [-0.25, -0.2) is 0 Å². The summed E-state index contributed by atoms with van der Waals surface area (Å²) < 4.78 is 11.5. The van der Waals surface area contributed by atoms with Crippen molar-refractivity contribution in [2.45, 2.75) is 39.5 Å². The molecule has 4 heteroatoms. The lowest BCUT2D eigenvalue weighted by atomic mass is 10.1. The van der Waals surface area contributed by atoms with Crippen LogP contribution >= 0.6 is 0 Å². The van der Waals surface area contributed by atoms with Gasteiger partial charge in [-0.3, -0.25) is 0 Å². The van der Waals surface area contributed by atoms with Gasteiger partial charge in [0.25, 0.3) is 0 Å². The fraction of sp³-hybridized carbons (Fsp3) is 0.400. The monoisotopic (exact) mass is 329 g/mol. The van der Waals surface area contributed by atoms with Crippen molar-refractivity contribution in [2.24, 2.45) is 0 Å². The molecule has 0 aliphatic carbocycles. The van der Waals surface area contributed by atoms with Gasteiger partial charge in [-0.15, -0.1) is 0 Å². The van der Waals surface area contributed by atoms with Crippen LogP contribution in [-0.2, 0) is 13.2 Å². The van der Waals surface area contributed by atoms with E-state index in [4.69, 9.17) is 9.47 Å². The zero-order valence-corrected chi connectivity index (χ0v) is 14.7. The van der Waals surface area contributed by atoms with E-state index in [1.165, 1.54) is 5.56 Å². The molecule has 130 valence electrons. The fourth-order valence-electron chi connectivity index (χ4n) is 2.57. The van der Waals surface area contributed by atoms with Gasteiger partial charge in [-0.05, 0) is 25.0 Å². The van der Waals surface area contributed by atoms with E-state index in [0.29, 0.717) is 13.2 Å². The Morgan fingerprint density at radius 1 is 1.17 bits per heavy atom. The van der Waals surface area contributed by atoms with Crippen LogP contribution in [0.2, 0.25) is 0 Å². The fourth-order valence-corrected chi connectivity index (χ4v) is 2.57. The van der Waals surface area contributed by atoms with Crippen LogP contribution in [0, 0.1) is 6.92 Å². The van der Waals surface area contributed by atoms with Crippen LogP contribution in [0.5, 0.6) is 11.5 Å². The first kappa shape index (κ1) is 18.3. The lowest BCUT2D eigenvalue weighted by molar-refractivity contribution is 0.236. The van der Waals surface area contributed by atoms with E-state index in [1.807, 2.05) is 24.3 Å². The number of hydrogen-bond acceptors (Lipinski definition) is 4. The van der Waals surface area contributed by atoms with Gasteiger partial charge in [0.05, 0.1) is 13.7 Å². The predicted octanol–water partition coefficient (Wildman–Crippen LogP) is 3.44. The Hall–Kier alpha value is -2.04. The number of aliphatic hydroxyl groups excluding tert-OH is 1. The molecule has 0 amide bonds. The third kappa shape index (κ3) is 4.98. The van der Waals surface area contributed by atoms with Crippen molar-refractivity contribution in [1.82, 2.24) is 5.32 Å². The zero-order chi connectivity index (χ0) is 17.4. The third-order valence-corrected chi connectivity index (χ3v) is 4.04. The minimum Gasteiger partial charge on any atom is -0.493 e. The van der Waals surface area contributed by atoms with E-state index < -0.39 is 0 Å². The van der Waals surface area contributed by atoms with Gasteiger partial charge in [-0.2, -0.15) is 0 Å². The van der Waals surface area contributed by atoms with E-state index in [1.54, 1.807) is 7.11 Å². The van der Waals surface area contributed by atoms with Gasteiger partial charge in [-0.1, -0.05) is 48.9 Å². The second kappa shape index (κ2) is 9.30. The van der Waals surface area contributed by atoms with Crippen LogP contribution < -0.4 is 14.8 Å². The Balaban J connectivity index is 2.13. The second-order valence-corrected chi connectivity index (χ2v) is 5.89. The van der Waals surface area contributed by atoms with Crippen molar-refractivity contribution < 1.29 is 14.6 Å². The highest BCUT2D eigenvalue weighted by atomic mass is 16.5. The van der Waals surface area contributed by atoms with Gasteiger partial charge in [0.1, 0.15) is 6.61 Å². The molecule has 0 saturated heterocycles. The maximum absolute atomic E-state index is 9.33. The lowest BCUT2D eigenvalue weighted by Gasteiger charge is -2.18. The Kier molecular flexibility index (Phi) is 7.09. The highest BCUT2D eigenvalue weighted by Gasteiger charge is 2.12. The van der Waals surface area contributed by atoms with Gasteiger partial charge in [0.2, 0.25) is 0 Å². The molecule has 24 heavy (non-hydrogen) atoms. The summed E-state index contributed by atoms with van der Waals surface area (Å²) in [5.41, 5.74) is 3.36. The summed E-state index contributed by atoms with van der Waals surface area (Å²) in [4.78, 5) is 0. The number of methoxy groups -OCH3 is 1. The minimum atomic E-state index is 0.0841. The number of rotatable bonds is 9. The Morgan fingerprint density at radius 3 is 2.62 bits per heavy atom. The summed E-state index contributed by atoms with van der Waals surface area (Å²) in [7, 11) is 1.65. The number of nitrogens with one attached hydrogen (secondary N) is 1. The van der Waals surface area contributed by atoms with E-state index in [2.05, 4.69) is 37.4 Å². The predicted molar refractivity (Wildman–Crippen MR) is 96.5 cm³/mol. The van der Waals surface area contributed by atoms with Gasteiger partial charge >= 0.3 is 0 Å². The Labute approximate surface area is 144 Å². The van der Waals surface area contributed by atoms with Crippen LogP contribution in [0.15, 0.2) is 42.5 Å². The summed E-state index contributed by atoms with van der Waals surface area (Å²) in [5.74, 6) is 1.47.